The summed E-state index contributed by atoms with van der Waals surface area (Å²) < 4.78 is 0. The highest BCUT2D eigenvalue weighted by Gasteiger charge is 2.07. The van der Waals surface area contributed by atoms with Crippen molar-refractivity contribution in [2.45, 2.75) is 74.1 Å². The summed E-state index contributed by atoms with van der Waals surface area (Å²) in [5, 5.41) is 2.69. The highest BCUT2D eigenvalue weighted by atomic mass is 32.1. The fraction of sp³-hybridized carbons (Fsp3) is 0.455. The average Bonchev–Trinajstić information content (AvgIpc) is 2.63. The molecule has 2 aromatic carbocycles. The van der Waals surface area contributed by atoms with Gasteiger partial charge in [-0.05, 0) is 66.8 Å². The van der Waals surface area contributed by atoms with E-state index in [0.717, 1.165) is 4.90 Å². The second-order valence-electron chi connectivity index (χ2n) is 4.25. The van der Waals surface area contributed by atoms with E-state index in [1.807, 2.05) is 41.5 Å². The van der Waals surface area contributed by atoms with Crippen LogP contribution in [0.5, 0.6) is 0 Å². The van der Waals surface area contributed by atoms with Gasteiger partial charge in [0, 0.05) is 4.90 Å². The van der Waals surface area contributed by atoms with E-state index in [2.05, 4.69) is 71.7 Å². The van der Waals surface area contributed by atoms with E-state index < -0.39 is 0 Å². The Morgan fingerprint density at radius 3 is 1.52 bits per heavy atom. The van der Waals surface area contributed by atoms with E-state index in [-0.39, 0.29) is 0 Å². The van der Waals surface area contributed by atoms with E-state index in [1.54, 1.807) is 0 Å². The van der Waals surface area contributed by atoms with Gasteiger partial charge in [0.15, 0.2) is 0 Å². The van der Waals surface area contributed by atoms with Crippen molar-refractivity contribution in [3.8, 4) is 0 Å². The van der Waals surface area contributed by atoms with Crippen LogP contribution < -0.4 is 0 Å². The molecule has 0 aliphatic carbocycles. The molecule has 0 saturated heterocycles. The van der Waals surface area contributed by atoms with Crippen molar-refractivity contribution in [2.75, 3.05) is 0 Å². The smallest absolute Gasteiger partial charge is 0.00783 e. The van der Waals surface area contributed by atoms with Gasteiger partial charge in [0.25, 0.3) is 0 Å². The molecule has 0 atom stereocenters. The van der Waals surface area contributed by atoms with Crippen molar-refractivity contribution in [3.63, 3.8) is 0 Å². The maximum atomic E-state index is 4.52. The molecule has 0 spiro atoms. The van der Waals surface area contributed by atoms with E-state index in [0.29, 0.717) is 0 Å². The van der Waals surface area contributed by atoms with Crippen molar-refractivity contribution in [2.24, 2.45) is 0 Å². The zero-order valence-corrected chi connectivity index (χ0v) is 18.0. The van der Waals surface area contributed by atoms with Gasteiger partial charge in [-0.3, -0.25) is 0 Å². The Labute approximate surface area is 151 Å². The zero-order valence-electron chi connectivity index (χ0n) is 17.1. The molecule has 0 fully saturated rings. The number of fused-ring (bicyclic) bond motifs is 1. The maximum Gasteiger partial charge on any atom is 0.00783 e. The van der Waals surface area contributed by atoms with Crippen LogP contribution in [-0.4, -0.2) is 0 Å². The van der Waals surface area contributed by atoms with E-state index in [1.165, 1.54) is 33.0 Å². The Balaban J connectivity index is -0.000000438. The molecule has 132 valence electrons. The Morgan fingerprint density at radius 1 is 0.652 bits per heavy atom. The van der Waals surface area contributed by atoms with E-state index in [4.69, 9.17) is 0 Å². The largest absolute Gasteiger partial charge is 0.143 e. The lowest BCUT2D eigenvalue weighted by atomic mass is 9.95. The third-order valence-corrected chi connectivity index (χ3v) is 3.88. The summed E-state index contributed by atoms with van der Waals surface area (Å²) in [6.45, 7) is 26.6. The molecule has 0 aliphatic rings. The molecule has 0 nitrogen and oxygen atoms in total. The highest BCUT2D eigenvalue weighted by Crippen LogP contribution is 2.30. The van der Waals surface area contributed by atoms with Gasteiger partial charge in [-0.2, -0.15) is 0 Å². The Morgan fingerprint density at radius 2 is 1.09 bits per heavy atom. The Bertz CT molecular complexity index is 554. The molecule has 0 bridgehead atoms. The number of hydrogen-bond acceptors (Lipinski definition) is 1. The van der Waals surface area contributed by atoms with Crippen LogP contribution in [0.25, 0.3) is 10.8 Å². The summed E-state index contributed by atoms with van der Waals surface area (Å²) in [7, 11) is 0. The molecule has 2 aromatic rings. The van der Waals surface area contributed by atoms with Gasteiger partial charge in [0.05, 0.1) is 0 Å². The van der Waals surface area contributed by atoms with Crippen molar-refractivity contribution >= 4 is 23.4 Å². The lowest BCUT2D eigenvalue weighted by molar-refractivity contribution is 1.26. The molecule has 0 aliphatic heterocycles. The van der Waals surface area contributed by atoms with Gasteiger partial charge >= 0.3 is 0 Å². The predicted octanol–water partition coefficient (Wildman–Crippen LogP) is 8.24. The summed E-state index contributed by atoms with van der Waals surface area (Å²) in [5.74, 6) is 0. The normalized spacial score (nSPS) is 8.13. The van der Waals surface area contributed by atoms with Crippen LogP contribution in [0.1, 0.15) is 63.8 Å². The molecule has 0 radical (unpaired) electrons. The zero-order chi connectivity index (χ0) is 19.2. The second-order valence-corrected chi connectivity index (χ2v) is 4.73. The first-order valence-corrected chi connectivity index (χ1v) is 9.16. The molecule has 1 heteroatoms. The number of benzene rings is 2. The number of thiol groups is 1. The minimum absolute atomic E-state index is 1.09. The summed E-state index contributed by atoms with van der Waals surface area (Å²) in [6, 6.07) is 6.60. The predicted molar refractivity (Wildman–Crippen MR) is 115 cm³/mol. The Kier molecular flexibility index (Phi) is 18.2. The maximum absolute atomic E-state index is 4.52. The van der Waals surface area contributed by atoms with Crippen LogP contribution in [-0.2, 0) is 0 Å². The fourth-order valence-electron chi connectivity index (χ4n) is 1.99. The molecule has 0 heterocycles. The first-order valence-electron chi connectivity index (χ1n) is 8.71. The monoisotopic (exact) mass is 334 g/mol. The topological polar surface area (TPSA) is 0 Å². The van der Waals surface area contributed by atoms with Gasteiger partial charge in [-0.1, -0.05) is 53.7 Å². The van der Waals surface area contributed by atoms with Gasteiger partial charge in [-0.15, -0.1) is 25.8 Å². The van der Waals surface area contributed by atoms with Crippen molar-refractivity contribution in [3.05, 3.63) is 53.6 Å². The fourth-order valence-corrected chi connectivity index (χ4v) is 2.29. The average molecular weight is 335 g/mol. The quantitative estimate of drug-likeness (QED) is 0.364. The standard InChI is InChI=1S/C14H16S.3C2H6.C2H4/c1-8-5-6-12-10(3)11(4)14(15)7-13(12)9(8)2;4*1-2/h5-7,15H,1-4H3;3*1-2H3;1-2H2. The molecule has 0 unspecified atom stereocenters. The SMILES string of the molecule is C=C.CC.CC.CC.Cc1ccc2c(C)c(C)c(S)cc2c1C. The lowest BCUT2D eigenvalue weighted by Crippen LogP contribution is -1.90. The van der Waals surface area contributed by atoms with Crippen molar-refractivity contribution < 1.29 is 0 Å². The minimum atomic E-state index is 1.09. The molecular formula is C22H38S. The number of rotatable bonds is 0. The van der Waals surface area contributed by atoms with Crippen LogP contribution >= 0.6 is 12.6 Å². The van der Waals surface area contributed by atoms with Gasteiger partial charge in [-0.25, -0.2) is 0 Å². The highest BCUT2D eigenvalue weighted by molar-refractivity contribution is 7.80. The van der Waals surface area contributed by atoms with Crippen LogP contribution in [0.15, 0.2) is 36.3 Å². The molecule has 0 aromatic heterocycles. The summed E-state index contributed by atoms with van der Waals surface area (Å²) in [6.07, 6.45) is 0. The van der Waals surface area contributed by atoms with E-state index >= 15 is 0 Å². The molecule has 2 rings (SSSR count). The van der Waals surface area contributed by atoms with Crippen LogP contribution in [0, 0.1) is 27.7 Å². The number of aryl methyl sites for hydroxylation is 3. The molecule has 0 N–H and O–H groups in total. The van der Waals surface area contributed by atoms with Gasteiger partial charge in [0.2, 0.25) is 0 Å². The van der Waals surface area contributed by atoms with Crippen LogP contribution in [0.2, 0.25) is 0 Å². The summed E-state index contributed by atoms with van der Waals surface area (Å²) >= 11 is 4.52. The Hall–Kier alpha value is -1.21. The molecule has 0 amide bonds. The molecule has 23 heavy (non-hydrogen) atoms. The van der Waals surface area contributed by atoms with Crippen molar-refractivity contribution in [1.82, 2.24) is 0 Å². The summed E-state index contributed by atoms with van der Waals surface area (Å²) in [5.41, 5.74) is 5.35. The van der Waals surface area contributed by atoms with Gasteiger partial charge in [0.1, 0.15) is 0 Å². The second kappa shape index (κ2) is 15.7. The molecule has 0 saturated carbocycles. The summed E-state index contributed by atoms with van der Waals surface area (Å²) in [4.78, 5) is 1.09. The third-order valence-electron chi connectivity index (χ3n) is 3.42. The lowest BCUT2D eigenvalue weighted by Gasteiger charge is -2.12. The van der Waals surface area contributed by atoms with Gasteiger partial charge < -0.3 is 0 Å². The molecular weight excluding hydrogens is 296 g/mol. The third kappa shape index (κ3) is 7.26. The van der Waals surface area contributed by atoms with E-state index in [9.17, 15) is 0 Å². The van der Waals surface area contributed by atoms with Crippen LogP contribution in [0.3, 0.4) is 0 Å². The first-order chi connectivity index (χ1) is 11.0. The minimum Gasteiger partial charge on any atom is -0.143 e. The van der Waals surface area contributed by atoms with Crippen molar-refractivity contribution in [1.29, 1.82) is 0 Å². The number of hydrogen-bond donors (Lipinski definition) is 1. The van der Waals surface area contributed by atoms with Crippen LogP contribution in [0.4, 0.5) is 0 Å². The first kappa shape index (κ1) is 26.7.